The SMILES string of the molecule is CC(C)c1ccc(CCCc2n[nH]c(=S)o2)cc1. The molecule has 0 unspecified atom stereocenters. The van der Waals surface area contributed by atoms with Crippen molar-refractivity contribution in [3.8, 4) is 0 Å². The highest BCUT2D eigenvalue weighted by molar-refractivity contribution is 7.71. The third-order valence-corrected chi connectivity index (χ3v) is 3.16. The quantitative estimate of drug-likeness (QED) is 0.827. The van der Waals surface area contributed by atoms with Gasteiger partial charge < -0.3 is 4.42 Å². The molecule has 2 rings (SSSR count). The first-order valence-electron chi connectivity index (χ1n) is 6.28. The van der Waals surface area contributed by atoms with Crippen LogP contribution >= 0.6 is 12.2 Å². The molecule has 1 aromatic heterocycles. The lowest BCUT2D eigenvalue weighted by Gasteiger charge is -2.06. The normalized spacial score (nSPS) is 11.1. The van der Waals surface area contributed by atoms with Crippen LogP contribution in [0.1, 0.15) is 43.2 Å². The molecular weight excluding hydrogens is 244 g/mol. The molecule has 0 aliphatic rings. The first kappa shape index (κ1) is 13.0. The highest BCUT2D eigenvalue weighted by Gasteiger charge is 2.02. The van der Waals surface area contributed by atoms with Crippen molar-refractivity contribution < 1.29 is 4.42 Å². The molecule has 2 aromatic rings. The molecule has 0 saturated heterocycles. The van der Waals surface area contributed by atoms with Crippen LogP contribution in [0.4, 0.5) is 0 Å². The maximum Gasteiger partial charge on any atom is 0.284 e. The molecule has 1 N–H and O–H groups in total. The van der Waals surface area contributed by atoms with Crippen molar-refractivity contribution in [3.05, 3.63) is 46.1 Å². The number of hydrogen-bond acceptors (Lipinski definition) is 3. The Kier molecular flexibility index (Phi) is 4.31. The summed E-state index contributed by atoms with van der Waals surface area (Å²) in [7, 11) is 0. The monoisotopic (exact) mass is 262 g/mol. The second kappa shape index (κ2) is 5.96. The summed E-state index contributed by atoms with van der Waals surface area (Å²) in [6.45, 7) is 4.42. The van der Waals surface area contributed by atoms with E-state index < -0.39 is 0 Å². The van der Waals surface area contributed by atoms with E-state index >= 15 is 0 Å². The Morgan fingerprint density at radius 1 is 1.22 bits per heavy atom. The zero-order chi connectivity index (χ0) is 13.0. The number of aromatic amines is 1. The number of nitrogens with one attached hydrogen (secondary N) is 1. The first-order valence-corrected chi connectivity index (χ1v) is 6.69. The van der Waals surface area contributed by atoms with Gasteiger partial charge in [0.2, 0.25) is 5.89 Å². The topological polar surface area (TPSA) is 41.8 Å². The first-order chi connectivity index (χ1) is 8.65. The largest absolute Gasteiger partial charge is 0.414 e. The summed E-state index contributed by atoms with van der Waals surface area (Å²) >= 11 is 4.83. The van der Waals surface area contributed by atoms with Crippen LogP contribution < -0.4 is 0 Å². The molecule has 1 aromatic carbocycles. The van der Waals surface area contributed by atoms with Gasteiger partial charge in [-0.1, -0.05) is 38.1 Å². The van der Waals surface area contributed by atoms with Crippen LogP contribution in [0.25, 0.3) is 0 Å². The summed E-state index contributed by atoms with van der Waals surface area (Å²) in [5, 5.41) is 6.62. The van der Waals surface area contributed by atoms with Crippen molar-refractivity contribution in [2.45, 2.75) is 39.0 Å². The summed E-state index contributed by atoms with van der Waals surface area (Å²) < 4.78 is 5.22. The fraction of sp³-hybridized carbons (Fsp3) is 0.429. The van der Waals surface area contributed by atoms with Gasteiger partial charge in [-0.05, 0) is 42.1 Å². The molecule has 0 amide bonds. The Balaban J connectivity index is 1.85. The second-order valence-electron chi connectivity index (χ2n) is 4.76. The summed E-state index contributed by atoms with van der Waals surface area (Å²) in [6, 6.07) is 8.83. The summed E-state index contributed by atoms with van der Waals surface area (Å²) in [5.74, 6) is 1.28. The minimum Gasteiger partial charge on any atom is -0.414 e. The minimum atomic E-state index is 0.353. The van der Waals surface area contributed by atoms with Crippen molar-refractivity contribution >= 4 is 12.2 Å². The molecule has 1 heterocycles. The Morgan fingerprint density at radius 2 is 1.94 bits per heavy atom. The Labute approximate surface area is 112 Å². The van der Waals surface area contributed by atoms with Crippen molar-refractivity contribution in [2.75, 3.05) is 0 Å². The van der Waals surface area contributed by atoms with Gasteiger partial charge in [-0.25, -0.2) is 5.10 Å². The van der Waals surface area contributed by atoms with Crippen LogP contribution in [0.2, 0.25) is 0 Å². The van der Waals surface area contributed by atoms with Crippen LogP contribution in [0.15, 0.2) is 28.7 Å². The van der Waals surface area contributed by atoms with E-state index in [0.29, 0.717) is 16.6 Å². The number of aryl methyl sites for hydroxylation is 2. The predicted octanol–water partition coefficient (Wildman–Crippen LogP) is 4.03. The second-order valence-corrected chi connectivity index (χ2v) is 5.13. The average Bonchev–Trinajstić information content (AvgIpc) is 2.76. The van der Waals surface area contributed by atoms with E-state index in [4.69, 9.17) is 16.6 Å². The van der Waals surface area contributed by atoms with Crippen molar-refractivity contribution in [2.24, 2.45) is 0 Å². The fourth-order valence-corrected chi connectivity index (χ4v) is 2.02. The molecule has 18 heavy (non-hydrogen) atoms. The van der Waals surface area contributed by atoms with Crippen LogP contribution in [-0.4, -0.2) is 10.2 Å². The number of benzene rings is 1. The van der Waals surface area contributed by atoms with E-state index in [1.807, 2.05) is 0 Å². The van der Waals surface area contributed by atoms with Gasteiger partial charge in [0.1, 0.15) is 0 Å². The van der Waals surface area contributed by atoms with Gasteiger partial charge in [-0.15, -0.1) is 5.10 Å². The van der Waals surface area contributed by atoms with Crippen molar-refractivity contribution in [3.63, 3.8) is 0 Å². The minimum absolute atomic E-state index is 0.353. The lowest BCUT2D eigenvalue weighted by atomic mass is 10.00. The van der Waals surface area contributed by atoms with E-state index in [1.165, 1.54) is 11.1 Å². The number of rotatable bonds is 5. The maximum absolute atomic E-state index is 5.22. The maximum atomic E-state index is 5.22. The lowest BCUT2D eigenvalue weighted by molar-refractivity contribution is 0.474. The van der Waals surface area contributed by atoms with Gasteiger partial charge >= 0.3 is 0 Å². The summed E-state index contributed by atoms with van der Waals surface area (Å²) in [6.07, 6.45) is 2.87. The molecule has 0 spiro atoms. The van der Waals surface area contributed by atoms with Crippen molar-refractivity contribution in [1.82, 2.24) is 10.2 Å². The van der Waals surface area contributed by atoms with Gasteiger partial charge in [0, 0.05) is 6.42 Å². The third-order valence-electron chi connectivity index (χ3n) is 2.98. The molecule has 0 aliphatic carbocycles. The summed E-state index contributed by atoms with van der Waals surface area (Å²) in [5.41, 5.74) is 2.74. The zero-order valence-electron chi connectivity index (χ0n) is 10.8. The fourth-order valence-electron chi connectivity index (χ4n) is 1.88. The molecule has 0 saturated carbocycles. The van der Waals surface area contributed by atoms with Crippen molar-refractivity contribution in [1.29, 1.82) is 0 Å². The molecule has 0 bridgehead atoms. The third kappa shape index (κ3) is 3.53. The zero-order valence-corrected chi connectivity index (χ0v) is 11.6. The van der Waals surface area contributed by atoms with E-state index in [2.05, 4.69) is 48.3 Å². The Hall–Kier alpha value is -1.42. The standard InChI is InChI=1S/C14H18N2OS/c1-10(2)12-8-6-11(7-9-12)4-3-5-13-15-16-14(18)17-13/h6-10H,3-5H2,1-2H3,(H,16,18). The molecule has 96 valence electrons. The van der Waals surface area contributed by atoms with E-state index in [1.54, 1.807) is 0 Å². The average molecular weight is 262 g/mol. The summed E-state index contributed by atoms with van der Waals surface area (Å²) in [4.78, 5) is 0.353. The molecule has 0 atom stereocenters. The number of aromatic nitrogens is 2. The van der Waals surface area contributed by atoms with E-state index in [0.717, 1.165) is 19.3 Å². The van der Waals surface area contributed by atoms with Gasteiger partial charge in [0.05, 0.1) is 0 Å². The van der Waals surface area contributed by atoms with Gasteiger partial charge in [-0.3, -0.25) is 0 Å². The molecule has 0 fully saturated rings. The van der Waals surface area contributed by atoms with E-state index in [-0.39, 0.29) is 0 Å². The van der Waals surface area contributed by atoms with Crippen LogP contribution in [0.3, 0.4) is 0 Å². The van der Waals surface area contributed by atoms with E-state index in [9.17, 15) is 0 Å². The number of H-pyrrole nitrogens is 1. The van der Waals surface area contributed by atoms with Gasteiger partial charge in [-0.2, -0.15) is 0 Å². The lowest BCUT2D eigenvalue weighted by Crippen LogP contribution is -1.92. The van der Waals surface area contributed by atoms with Gasteiger partial charge in [0.25, 0.3) is 4.84 Å². The smallest absolute Gasteiger partial charge is 0.284 e. The predicted molar refractivity (Wildman–Crippen MR) is 74.2 cm³/mol. The molecule has 0 aliphatic heterocycles. The van der Waals surface area contributed by atoms with Crippen LogP contribution in [-0.2, 0) is 12.8 Å². The highest BCUT2D eigenvalue weighted by atomic mass is 32.1. The molecular formula is C14H18N2OS. The molecule has 4 heteroatoms. The molecule has 3 nitrogen and oxygen atoms in total. The highest BCUT2D eigenvalue weighted by Crippen LogP contribution is 2.15. The van der Waals surface area contributed by atoms with Gasteiger partial charge in [0.15, 0.2) is 0 Å². The Bertz CT molecular complexity index is 539. The van der Waals surface area contributed by atoms with Crippen LogP contribution in [0.5, 0.6) is 0 Å². The van der Waals surface area contributed by atoms with Crippen LogP contribution in [0, 0.1) is 4.84 Å². The Morgan fingerprint density at radius 3 is 2.50 bits per heavy atom. The number of hydrogen-bond donors (Lipinski definition) is 1. The number of nitrogens with zero attached hydrogens (tertiary/aromatic N) is 1. The molecule has 0 radical (unpaired) electrons.